The predicted octanol–water partition coefficient (Wildman–Crippen LogP) is 3.87. The Labute approximate surface area is 158 Å². The first kappa shape index (κ1) is 18.2. The number of nitrogens with one attached hydrogen (secondary N) is 1. The topological polar surface area (TPSA) is 47.9 Å². The lowest BCUT2D eigenvalue weighted by molar-refractivity contribution is 0.357. The molecule has 25 heavy (non-hydrogen) atoms. The van der Waals surface area contributed by atoms with Gasteiger partial charge >= 0.3 is 0 Å². The number of allylic oxidation sites excluding steroid dienone is 2. The van der Waals surface area contributed by atoms with E-state index in [0.717, 1.165) is 35.4 Å². The maximum atomic E-state index is 10.2. The number of amidine groups is 1. The molecule has 0 saturated carbocycles. The van der Waals surface area contributed by atoms with E-state index in [1.807, 2.05) is 24.3 Å². The van der Waals surface area contributed by atoms with E-state index in [1.54, 1.807) is 6.07 Å². The molecule has 0 fully saturated rings. The van der Waals surface area contributed by atoms with Gasteiger partial charge in [0.2, 0.25) is 0 Å². The van der Waals surface area contributed by atoms with Crippen LogP contribution in [-0.2, 0) is 6.42 Å². The number of benzene rings is 1. The summed E-state index contributed by atoms with van der Waals surface area (Å²) in [5.74, 6) is 2.06. The summed E-state index contributed by atoms with van der Waals surface area (Å²) in [4.78, 5) is 7.14. The summed E-state index contributed by atoms with van der Waals surface area (Å²) in [6.07, 6.45) is 10.1. The van der Waals surface area contributed by atoms with Crippen LogP contribution in [0, 0.1) is 5.92 Å². The number of fused-ring (bicyclic) bond motifs is 1. The molecular formula is C20H26BrN3O. The first-order chi connectivity index (χ1) is 12.0. The zero-order valence-electron chi connectivity index (χ0n) is 14.8. The fraction of sp³-hybridized carbons (Fsp3) is 0.450. The third-order valence-corrected chi connectivity index (χ3v) is 5.18. The summed E-state index contributed by atoms with van der Waals surface area (Å²) in [7, 11) is 0. The molecule has 2 aliphatic heterocycles. The molecule has 5 heteroatoms. The lowest BCUT2D eigenvalue weighted by Gasteiger charge is -2.28. The first-order valence-electron chi connectivity index (χ1n) is 8.93. The number of phenolic OH excluding ortho intramolecular Hbond substituents is 1. The molecule has 4 nitrogen and oxygen atoms in total. The van der Waals surface area contributed by atoms with Crippen LogP contribution in [0.15, 0.2) is 52.1 Å². The van der Waals surface area contributed by atoms with Crippen LogP contribution in [0.5, 0.6) is 5.75 Å². The number of nitrogens with zero attached hydrogens (tertiary/aromatic N) is 2. The van der Waals surface area contributed by atoms with Gasteiger partial charge in [-0.05, 0) is 61.2 Å². The maximum absolute atomic E-state index is 10.2. The van der Waals surface area contributed by atoms with Crippen LogP contribution in [0.3, 0.4) is 0 Å². The summed E-state index contributed by atoms with van der Waals surface area (Å²) in [6.45, 7) is 6.35. The second kappa shape index (κ2) is 8.19. The molecule has 2 heterocycles. The third-order valence-electron chi connectivity index (χ3n) is 4.69. The highest BCUT2D eigenvalue weighted by molar-refractivity contribution is 9.10. The Balaban J connectivity index is 1.72. The summed E-state index contributed by atoms with van der Waals surface area (Å²) < 4.78 is 0.986. The quantitative estimate of drug-likeness (QED) is 0.679. The van der Waals surface area contributed by atoms with Crippen molar-refractivity contribution < 1.29 is 5.11 Å². The van der Waals surface area contributed by atoms with Crippen LogP contribution >= 0.6 is 15.9 Å². The Hall–Kier alpha value is -1.59. The number of hydrogen-bond acceptors (Lipinski definition) is 4. The molecule has 1 aromatic carbocycles. The Morgan fingerprint density at radius 2 is 2.16 bits per heavy atom. The molecule has 0 saturated heterocycles. The molecule has 2 aliphatic rings. The lowest BCUT2D eigenvalue weighted by atomic mass is 9.98. The second-order valence-corrected chi connectivity index (χ2v) is 8.01. The fourth-order valence-electron chi connectivity index (χ4n) is 3.28. The second-order valence-electron chi connectivity index (χ2n) is 7.09. The number of aromatic hydroxyl groups is 1. The Morgan fingerprint density at radius 3 is 2.96 bits per heavy atom. The molecule has 0 aliphatic carbocycles. The number of halogens is 1. The minimum absolute atomic E-state index is 0.174. The minimum atomic E-state index is 0.174. The maximum Gasteiger partial charge on any atom is 0.128 e. The minimum Gasteiger partial charge on any atom is -0.508 e. The summed E-state index contributed by atoms with van der Waals surface area (Å²) in [6, 6.07) is 6.00. The van der Waals surface area contributed by atoms with Crippen LogP contribution in [0.25, 0.3) is 0 Å². The van der Waals surface area contributed by atoms with Gasteiger partial charge in [-0.15, -0.1) is 0 Å². The monoisotopic (exact) mass is 403 g/mol. The first-order valence-corrected chi connectivity index (χ1v) is 9.73. The largest absolute Gasteiger partial charge is 0.508 e. The summed E-state index contributed by atoms with van der Waals surface area (Å²) in [5, 5.41) is 13.8. The van der Waals surface area contributed by atoms with Gasteiger partial charge in [0.25, 0.3) is 0 Å². The highest BCUT2D eigenvalue weighted by Gasteiger charge is 2.34. The van der Waals surface area contributed by atoms with E-state index >= 15 is 0 Å². The van der Waals surface area contributed by atoms with Gasteiger partial charge in [-0.3, -0.25) is 4.99 Å². The Bertz CT molecular complexity index is 696. The molecule has 1 aromatic rings. The van der Waals surface area contributed by atoms with Gasteiger partial charge in [-0.1, -0.05) is 35.9 Å². The smallest absolute Gasteiger partial charge is 0.128 e. The van der Waals surface area contributed by atoms with Crippen molar-refractivity contribution in [1.29, 1.82) is 0 Å². The van der Waals surface area contributed by atoms with E-state index in [4.69, 9.17) is 4.99 Å². The van der Waals surface area contributed by atoms with Crippen molar-refractivity contribution >= 4 is 21.8 Å². The molecule has 0 spiro atoms. The van der Waals surface area contributed by atoms with Gasteiger partial charge < -0.3 is 15.3 Å². The Kier molecular flexibility index (Phi) is 5.97. The molecule has 2 atom stereocenters. The van der Waals surface area contributed by atoms with Crippen LogP contribution < -0.4 is 5.32 Å². The number of aliphatic imine (C=N–C) groups is 1. The van der Waals surface area contributed by atoms with Gasteiger partial charge in [0.15, 0.2) is 0 Å². The summed E-state index contributed by atoms with van der Waals surface area (Å²) >= 11 is 3.50. The van der Waals surface area contributed by atoms with Crippen molar-refractivity contribution in [2.24, 2.45) is 10.9 Å². The molecular weight excluding hydrogens is 378 g/mol. The van der Waals surface area contributed by atoms with Crippen molar-refractivity contribution in [1.82, 2.24) is 10.2 Å². The van der Waals surface area contributed by atoms with E-state index in [9.17, 15) is 5.11 Å². The molecule has 2 N–H and O–H groups in total. The van der Waals surface area contributed by atoms with E-state index in [2.05, 4.69) is 52.3 Å². The standard InChI is InChI=1S/C20H26BrN3O/c1-14(2)8-9-22-13-17-18(24-10-4-3-5-20(24)23-17)12-15-11-16(21)6-7-19(15)25/h3-7,10-11,14,17-18,22,25H,8-9,12-13H2,1-2H3. The SMILES string of the molecule is CC(C)CCNCC1N=C2C=CC=CN2C1Cc1cc(Br)ccc1O. The molecule has 2 unspecified atom stereocenters. The number of hydrogen-bond donors (Lipinski definition) is 2. The molecule has 3 rings (SSSR count). The van der Waals surface area contributed by atoms with E-state index < -0.39 is 0 Å². The zero-order valence-corrected chi connectivity index (χ0v) is 16.4. The van der Waals surface area contributed by atoms with Crippen molar-refractivity contribution in [3.8, 4) is 5.75 Å². The summed E-state index contributed by atoms with van der Waals surface area (Å²) in [5.41, 5.74) is 0.950. The number of phenols is 1. The highest BCUT2D eigenvalue weighted by Crippen LogP contribution is 2.29. The predicted molar refractivity (Wildman–Crippen MR) is 107 cm³/mol. The van der Waals surface area contributed by atoms with Gasteiger partial charge in [0, 0.05) is 17.2 Å². The van der Waals surface area contributed by atoms with Crippen LogP contribution in [-0.4, -0.2) is 41.0 Å². The molecule has 0 bridgehead atoms. The Morgan fingerprint density at radius 1 is 1.32 bits per heavy atom. The van der Waals surface area contributed by atoms with E-state index in [1.165, 1.54) is 6.42 Å². The van der Waals surface area contributed by atoms with Gasteiger partial charge in [-0.2, -0.15) is 0 Å². The van der Waals surface area contributed by atoms with E-state index in [-0.39, 0.29) is 12.1 Å². The van der Waals surface area contributed by atoms with Crippen molar-refractivity contribution in [2.45, 2.75) is 38.8 Å². The average molecular weight is 404 g/mol. The van der Waals surface area contributed by atoms with Crippen LogP contribution in [0.1, 0.15) is 25.8 Å². The molecule has 0 radical (unpaired) electrons. The van der Waals surface area contributed by atoms with E-state index in [0.29, 0.717) is 11.7 Å². The van der Waals surface area contributed by atoms with Crippen molar-refractivity contribution in [2.75, 3.05) is 13.1 Å². The molecule has 134 valence electrons. The zero-order chi connectivity index (χ0) is 17.8. The van der Waals surface area contributed by atoms with Crippen LogP contribution in [0.2, 0.25) is 0 Å². The molecule has 0 aromatic heterocycles. The van der Waals surface area contributed by atoms with Gasteiger partial charge in [0.1, 0.15) is 11.6 Å². The lowest BCUT2D eigenvalue weighted by Crippen LogP contribution is -2.42. The van der Waals surface area contributed by atoms with Gasteiger partial charge in [0.05, 0.1) is 12.1 Å². The van der Waals surface area contributed by atoms with Crippen LogP contribution in [0.4, 0.5) is 0 Å². The number of rotatable bonds is 7. The van der Waals surface area contributed by atoms with Crippen molar-refractivity contribution in [3.05, 3.63) is 52.7 Å². The highest BCUT2D eigenvalue weighted by atomic mass is 79.9. The van der Waals surface area contributed by atoms with Crippen molar-refractivity contribution in [3.63, 3.8) is 0 Å². The third kappa shape index (κ3) is 4.53. The van der Waals surface area contributed by atoms with Gasteiger partial charge in [-0.25, -0.2) is 0 Å². The normalized spacial score (nSPS) is 21.8. The molecule has 0 amide bonds. The fourth-order valence-corrected chi connectivity index (χ4v) is 3.69. The average Bonchev–Trinajstić information content (AvgIpc) is 2.93.